The molecule has 0 atom stereocenters. The summed E-state index contributed by atoms with van der Waals surface area (Å²) in [5.41, 5.74) is 6.01. The number of rotatable bonds is 2. The fourth-order valence-electron chi connectivity index (χ4n) is 4.57. The number of nitrogens with two attached hydrogens (primary N) is 1. The zero-order valence-corrected chi connectivity index (χ0v) is 13.1. The lowest BCUT2D eigenvalue weighted by Crippen LogP contribution is -2.58. The van der Waals surface area contributed by atoms with Crippen molar-refractivity contribution in [3.05, 3.63) is 0 Å². The minimum atomic E-state index is 0.309. The van der Waals surface area contributed by atoms with Crippen LogP contribution >= 0.6 is 0 Å². The van der Waals surface area contributed by atoms with Crippen molar-refractivity contribution >= 4 is 0 Å². The van der Waals surface area contributed by atoms with Crippen molar-refractivity contribution in [2.75, 3.05) is 13.1 Å². The molecule has 4 heteroatoms. The third kappa shape index (κ3) is 3.77. The largest absolute Gasteiger partial charge is 0.328 e. The van der Waals surface area contributed by atoms with Crippen LogP contribution in [0.2, 0.25) is 0 Å². The summed E-state index contributed by atoms with van der Waals surface area (Å²) in [5, 5.41) is 16.5. The van der Waals surface area contributed by atoms with Crippen molar-refractivity contribution in [2.45, 2.75) is 63.6 Å². The predicted molar refractivity (Wildman–Crippen MR) is 84.3 cm³/mol. The van der Waals surface area contributed by atoms with Gasteiger partial charge in [0.05, 0.1) is 12.2 Å². The van der Waals surface area contributed by atoms with Crippen molar-refractivity contribution in [3.63, 3.8) is 0 Å². The third-order valence-electron chi connectivity index (χ3n) is 6.11. The Morgan fingerprint density at radius 1 is 0.762 bits per heavy atom. The maximum absolute atomic E-state index is 9.00. The average molecular weight is 290 g/mol. The quantitative estimate of drug-likeness (QED) is 0.727. The van der Waals surface area contributed by atoms with Gasteiger partial charge in [-0.15, -0.1) is 0 Å². The van der Waals surface area contributed by atoms with E-state index in [1.54, 1.807) is 0 Å². The van der Waals surface area contributed by atoms with Gasteiger partial charge in [0.25, 0.3) is 0 Å². The molecule has 4 nitrogen and oxygen atoms in total. The molecule has 1 saturated heterocycles. The Labute approximate surface area is 128 Å². The first-order chi connectivity index (χ1) is 10.3. The molecule has 0 aromatic carbocycles. The summed E-state index contributed by atoms with van der Waals surface area (Å²) in [5.74, 6) is 2.67. The highest BCUT2D eigenvalue weighted by Crippen LogP contribution is 2.33. The molecule has 2 aliphatic carbocycles. The van der Waals surface area contributed by atoms with Gasteiger partial charge in [-0.1, -0.05) is 0 Å². The summed E-state index contributed by atoms with van der Waals surface area (Å²) >= 11 is 0. The van der Waals surface area contributed by atoms with Crippen molar-refractivity contribution in [1.82, 2.24) is 10.6 Å². The van der Waals surface area contributed by atoms with E-state index in [9.17, 15) is 0 Å². The monoisotopic (exact) mass is 290 g/mol. The van der Waals surface area contributed by atoms with Crippen molar-refractivity contribution in [3.8, 4) is 6.07 Å². The maximum atomic E-state index is 9.00. The SMILES string of the molecule is N#CC1CCC(C2NCC(C3CCC(N)CC3)CN2)CC1. The average Bonchev–Trinajstić information content (AvgIpc) is 2.56. The topological polar surface area (TPSA) is 73.9 Å². The first kappa shape index (κ1) is 15.3. The van der Waals surface area contributed by atoms with Gasteiger partial charge < -0.3 is 16.4 Å². The molecular weight excluding hydrogens is 260 g/mol. The molecule has 2 saturated carbocycles. The lowest BCUT2D eigenvalue weighted by Gasteiger charge is -2.42. The van der Waals surface area contributed by atoms with Gasteiger partial charge >= 0.3 is 0 Å². The normalized spacial score (nSPS) is 45.0. The third-order valence-corrected chi connectivity index (χ3v) is 6.11. The summed E-state index contributed by atoms with van der Waals surface area (Å²) in [4.78, 5) is 0. The molecule has 1 heterocycles. The van der Waals surface area contributed by atoms with E-state index in [1.807, 2.05) is 0 Å². The number of hydrogen-bond donors (Lipinski definition) is 3. The first-order valence-corrected chi connectivity index (χ1v) is 8.88. The molecule has 21 heavy (non-hydrogen) atoms. The molecule has 4 N–H and O–H groups in total. The van der Waals surface area contributed by atoms with Gasteiger partial charge in [0.2, 0.25) is 0 Å². The fourth-order valence-corrected chi connectivity index (χ4v) is 4.57. The van der Waals surface area contributed by atoms with E-state index in [1.165, 1.54) is 38.5 Å². The van der Waals surface area contributed by atoms with Crippen LogP contribution in [0.1, 0.15) is 51.4 Å². The lowest BCUT2D eigenvalue weighted by molar-refractivity contribution is 0.135. The van der Waals surface area contributed by atoms with Gasteiger partial charge in [0, 0.05) is 25.0 Å². The molecular formula is C17H30N4. The Hall–Kier alpha value is -0.630. The van der Waals surface area contributed by atoms with E-state index in [0.717, 1.165) is 43.7 Å². The number of nitrogens with zero attached hydrogens (tertiary/aromatic N) is 1. The highest BCUT2D eigenvalue weighted by Gasteiger charge is 2.33. The van der Waals surface area contributed by atoms with Gasteiger partial charge in [-0.25, -0.2) is 0 Å². The predicted octanol–water partition coefficient (Wildman–Crippen LogP) is 1.97. The Morgan fingerprint density at radius 2 is 1.33 bits per heavy atom. The molecule has 0 aromatic heterocycles. The summed E-state index contributed by atoms with van der Waals surface area (Å²) in [6, 6.07) is 2.88. The highest BCUT2D eigenvalue weighted by molar-refractivity contribution is 4.92. The van der Waals surface area contributed by atoms with Gasteiger partial charge in [-0.2, -0.15) is 5.26 Å². The van der Waals surface area contributed by atoms with Gasteiger partial charge in [-0.3, -0.25) is 0 Å². The van der Waals surface area contributed by atoms with Crippen LogP contribution in [0.4, 0.5) is 0 Å². The highest BCUT2D eigenvalue weighted by atomic mass is 15.2. The van der Waals surface area contributed by atoms with E-state index in [-0.39, 0.29) is 0 Å². The molecule has 3 aliphatic rings. The summed E-state index contributed by atoms with van der Waals surface area (Å²) in [6.07, 6.45) is 10.1. The van der Waals surface area contributed by atoms with Crippen LogP contribution in [0, 0.1) is 35.0 Å². The van der Waals surface area contributed by atoms with E-state index in [0.29, 0.717) is 18.1 Å². The van der Waals surface area contributed by atoms with Crippen molar-refractivity contribution in [1.29, 1.82) is 5.26 Å². The Bertz CT molecular complexity index is 353. The Kier molecular flexibility index (Phi) is 5.15. The lowest BCUT2D eigenvalue weighted by atomic mass is 9.76. The zero-order valence-electron chi connectivity index (χ0n) is 13.1. The minimum absolute atomic E-state index is 0.309. The molecule has 0 bridgehead atoms. The molecule has 0 spiro atoms. The number of nitriles is 1. The zero-order chi connectivity index (χ0) is 14.7. The Balaban J connectivity index is 1.42. The number of nitrogens with one attached hydrogen (secondary N) is 2. The van der Waals surface area contributed by atoms with Crippen LogP contribution in [-0.2, 0) is 0 Å². The molecule has 118 valence electrons. The van der Waals surface area contributed by atoms with Crippen LogP contribution in [0.25, 0.3) is 0 Å². The summed E-state index contributed by atoms with van der Waals surface area (Å²) in [7, 11) is 0. The second kappa shape index (κ2) is 7.09. The van der Waals surface area contributed by atoms with E-state index < -0.39 is 0 Å². The van der Waals surface area contributed by atoms with Gasteiger partial charge in [0.1, 0.15) is 0 Å². The molecule has 3 fully saturated rings. The van der Waals surface area contributed by atoms with Crippen LogP contribution < -0.4 is 16.4 Å². The van der Waals surface area contributed by atoms with Gasteiger partial charge in [-0.05, 0) is 69.1 Å². The second-order valence-corrected chi connectivity index (χ2v) is 7.47. The second-order valence-electron chi connectivity index (χ2n) is 7.47. The van der Waals surface area contributed by atoms with Crippen LogP contribution in [0.15, 0.2) is 0 Å². The van der Waals surface area contributed by atoms with E-state index in [2.05, 4.69) is 16.7 Å². The molecule has 0 radical (unpaired) electrons. The molecule has 3 rings (SSSR count). The van der Waals surface area contributed by atoms with Gasteiger partial charge in [0.15, 0.2) is 0 Å². The van der Waals surface area contributed by atoms with Crippen molar-refractivity contribution in [2.24, 2.45) is 29.4 Å². The maximum Gasteiger partial charge on any atom is 0.0655 e. The molecule has 0 aromatic rings. The summed E-state index contributed by atoms with van der Waals surface area (Å²) in [6.45, 7) is 2.32. The minimum Gasteiger partial charge on any atom is -0.328 e. The smallest absolute Gasteiger partial charge is 0.0655 e. The van der Waals surface area contributed by atoms with E-state index >= 15 is 0 Å². The summed E-state index contributed by atoms with van der Waals surface area (Å²) < 4.78 is 0. The van der Waals surface area contributed by atoms with E-state index in [4.69, 9.17) is 11.0 Å². The molecule has 1 aliphatic heterocycles. The number of hydrogen-bond acceptors (Lipinski definition) is 4. The first-order valence-electron chi connectivity index (χ1n) is 8.88. The molecule has 0 unspecified atom stereocenters. The molecule has 0 amide bonds. The fraction of sp³-hybridized carbons (Fsp3) is 0.941. The van der Waals surface area contributed by atoms with Crippen LogP contribution in [0.3, 0.4) is 0 Å². The van der Waals surface area contributed by atoms with Crippen molar-refractivity contribution < 1.29 is 0 Å². The standard InChI is InChI=1S/C17H30N4/c18-9-12-1-3-14(4-2-12)17-20-10-15(11-21-17)13-5-7-16(19)8-6-13/h12-17,20-21H,1-8,10-11,19H2. The van der Waals surface area contributed by atoms with Crippen LogP contribution in [0.5, 0.6) is 0 Å². The Morgan fingerprint density at radius 3 is 1.90 bits per heavy atom. The van der Waals surface area contributed by atoms with Crippen LogP contribution in [-0.4, -0.2) is 25.3 Å².